The predicted octanol–water partition coefficient (Wildman–Crippen LogP) is 2.63. The highest BCUT2D eigenvalue weighted by atomic mass is 16.5. The number of rotatable bonds is 8. The number of nitrogens with one attached hydrogen (secondary N) is 2. The van der Waals surface area contributed by atoms with Gasteiger partial charge >= 0.3 is 0 Å². The first-order chi connectivity index (χ1) is 14.7. The SMILES string of the molecule is CCNC(=NCc1ccc(N2CCOC(C)C2)nc1)NCCCN1CCCCCC1. The molecule has 2 N–H and O–H groups in total. The van der Waals surface area contributed by atoms with E-state index < -0.39 is 0 Å². The molecule has 0 spiro atoms. The van der Waals surface area contributed by atoms with Crippen LogP contribution in [0.3, 0.4) is 0 Å². The highest BCUT2D eigenvalue weighted by Gasteiger charge is 2.17. The van der Waals surface area contributed by atoms with E-state index in [1.54, 1.807) is 0 Å². The van der Waals surface area contributed by atoms with Crippen LogP contribution in [-0.4, -0.2) is 74.4 Å². The highest BCUT2D eigenvalue weighted by Crippen LogP contribution is 2.15. The maximum atomic E-state index is 5.62. The van der Waals surface area contributed by atoms with E-state index in [1.165, 1.54) is 45.3 Å². The Morgan fingerprint density at radius 3 is 2.70 bits per heavy atom. The molecule has 2 aliphatic heterocycles. The Morgan fingerprint density at radius 1 is 1.17 bits per heavy atom. The molecule has 2 aliphatic rings. The number of aliphatic imine (C=N–C) groups is 1. The number of morpholine rings is 1. The third-order valence-electron chi connectivity index (χ3n) is 5.78. The minimum Gasteiger partial charge on any atom is -0.375 e. The largest absolute Gasteiger partial charge is 0.375 e. The number of guanidine groups is 1. The van der Waals surface area contributed by atoms with Gasteiger partial charge in [-0.25, -0.2) is 9.98 Å². The smallest absolute Gasteiger partial charge is 0.191 e. The second-order valence-corrected chi connectivity index (χ2v) is 8.38. The summed E-state index contributed by atoms with van der Waals surface area (Å²) in [6.45, 7) is 12.9. The van der Waals surface area contributed by atoms with Gasteiger partial charge in [-0.1, -0.05) is 18.9 Å². The van der Waals surface area contributed by atoms with Crippen LogP contribution in [0.15, 0.2) is 23.3 Å². The fourth-order valence-corrected chi connectivity index (χ4v) is 4.11. The zero-order valence-corrected chi connectivity index (χ0v) is 18.9. The van der Waals surface area contributed by atoms with Gasteiger partial charge in [0.25, 0.3) is 0 Å². The summed E-state index contributed by atoms with van der Waals surface area (Å²) in [7, 11) is 0. The van der Waals surface area contributed by atoms with Crippen molar-refractivity contribution in [3.63, 3.8) is 0 Å². The van der Waals surface area contributed by atoms with Crippen LogP contribution in [0.25, 0.3) is 0 Å². The number of hydrogen-bond donors (Lipinski definition) is 2. The number of nitrogens with zero attached hydrogens (tertiary/aromatic N) is 4. The van der Waals surface area contributed by atoms with Gasteiger partial charge in [-0.05, 0) is 64.4 Å². The number of anilines is 1. The van der Waals surface area contributed by atoms with E-state index in [1.807, 2.05) is 6.20 Å². The molecular formula is C23H40N6O. The first kappa shape index (κ1) is 22.8. The van der Waals surface area contributed by atoms with Gasteiger partial charge in [-0.15, -0.1) is 0 Å². The van der Waals surface area contributed by atoms with Gasteiger partial charge in [0.05, 0.1) is 19.3 Å². The summed E-state index contributed by atoms with van der Waals surface area (Å²) in [6.07, 6.45) is 8.86. The van der Waals surface area contributed by atoms with E-state index in [2.05, 4.69) is 51.4 Å². The van der Waals surface area contributed by atoms with Crippen molar-refractivity contribution in [3.8, 4) is 0 Å². The van der Waals surface area contributed by atoms with Crippen LogP contribution in [-0.2, 0) is 11.3 Å². The van der Waals surface area contributed by atoms with Crippen molar-refractivity contribution in [2.75, 3.05) is 57.3 Å². The molecule has 1 unspecified atom stereocenters. The van der Waals surface area contributed by atoms with Crippen molar-refractivity contribution in [1.82, 2.24) is 20.5 Å². The van der Waals surface area contributed by atoms with Crippen LogP contribution in [0.5, 0.6) is 0 Å². The second-order valence-electron chi connectivity index (χ2n) is 8.38. The first-order valence-corrected chi connectivity index (χ1v) is 11.8. The monoisotopic (exact) mass is 416 g/mol. The molecule has 1 aromatic heterocycles. The van der Waals surface area contributed by atoms with Gasteiger partial charge < -0.3 is 25.2 Å². The molecule has 168 valence electrons. The van der Waals surface area contributed by atoms with Crippen LogP contribution in [0.4, 0.5) is 5.82 Å². The Morgan fingerprint density at radius 2 is 2.00 bits per heavy atom. The Balaban J connectivity index is 1.43. The predicted molar refractivity (Wildman–Crippen MR) is 124 cm³/mol. The normalized spacial score (nSPS) is 21.3. The number of pyridine rings is 1. The van der Waals surface area contributed by atoms with Crippen molar-refractivity contribution in [3.05, 3.63) is 23.9 Å². The lowest BCUT2D eigenvalue weighted by molar-refractivity contribution is 0.0529. The standard InChI is InChI=1S/C23H40N6O/c1-3-24-23(25-11-8-14-28-12-6-4-5-7-13-28)27-18-21-9-10-22(26-17-21)29-15-16-30-20(2)19-29/h9-10,17,20H,3-8,11-16,18-19H2,1-2H3,(H2,24,25,27). The first-order valence-electron chi connectivity index (χ1n) is 11.8. The van der Waals surface area contributed by atoms with Crippen LogP contribution in [0.2, 0.25) is 0 Å². The van der Waals surface area contributed by atoms with Crippen LogP contribution >= 0.6 is 0 Å². The summed E-state index contributed by atoms with van der Waals surface area (Å²) in [4.78, 5) is 14.3. The Kier molecular flexibility index (Phi) is 9.70. The molecule has 0 aliphatic carbocycles. The van der Waals surface area contributed by atoms with Gasteiger partial charge in [0.15, 0.2) is 5.96 Å². The molecule has 2 fully saturated rings. The molecule has 0 aromatic carbocycles. The molecule has 0 bridgehead atoms. The molecule has 1 aromatic rings. The minimum absolute atomic E-state index is 0.262. The number of hydrogen-bond acceptors (Lipinski definition) is 5. The summed E-state index contributed by atoms with van der Waals surface area (Å²) >= 11 is 0. The van der Waals surface area contributed by atoms with Crippen molar-refractivity contribution in [1.29, 1.82) is 0 Å². The second kappa shape index (κ2) is 12.7. The number of ether oxygens (including phenoxy) is 1. The molecule has 0 amide bonds. The van der Waals surface area contributed by atoms with Crippen molar-refractivity contribution < 1.29 is 4.74 Å². The van der Waals surface area contributed by atoms with Gasteiger partial charge in [-0.3, -0.25) is 0 Å². The number of aromatic nitrogens is 1. The molecule has 1 atom stereocenters. The van der Waals surface area contributed by atoms with Crippen LogP contribution in [0.1, 0.15) is 51.5 Å². The third kappa shape index (κ3) is 7.76. The molecule has 3 heterocycles. The summed E-state index contributed by atoms with van der Waals surface area (Å²) < 4.78 is 5.62. The third-order valence-corrected chi connectivity index (χ3v) is 5.78. The van der Waals surface area contributed by atoms with Crippen molar-refractivity contribution in [2.45, 2.75) is 58.6 Å². The lowest BCUT2D eigenvalue weighted by atomic mass is 10.2. The molecule has 2 saturated heterocycles. The molecule has 7 heteroatoms. The van der Waals surface area contributed by atoms with Crippen molar-refractivity contribution >= 4 is 11.8 Å². The van der Waals surface area contributed by atoms with E-state index in [0.717, 1.165) is 56.5 Å². The van der Waals surface area contributed by atoms with E-state index in [4.69, 9.17) is 9.73 Å². The Labute approximate surface area is 182 Å². The van der Waals surface area contributed by atoms with Crippen molar-refractivity contribution in [2.24, 2.45) is 4.99 Å². The zero-order valence-electron chi connectivity index (χ0n) is 18.9. The maximum Gasteiger partial charge on any atom is 0.191 e. The summed E-state index contributed by atoms with van der Waals surface area (Å²) in [6, 6.07) is 4.24. The quantitative estimate of drug-likeness (QED) is 0.386. The molecule has 0 saturated carbocycles. The average molecular weight is 417 g/mol. The average Bonchev–Trinajstić information content (AvgIpc) is 3.04. The fraction of sp³-hybridized carbons (Fsp3) is 0.739. The lowest BCUT2D eigenvalue weighted by Gasteiger charge is -2.32. The maximum absolute atomic E-state index is 5.62. The molecule has 0 radical (unpaired) electrons. The fourth-order valence-electron chi connectivity index (χ4n) is 4.11. The van der Waals surface area contributed by atoms with E-state index >= 15 is 0 Å². The Hall–Kier alpha value is -1.86. The highest BCUT2D eigenvalue weighted by molar-refractivity contribution is 5.79. The summed E-state index contributed by atoms with van der Waals surface area (Å²) in [5.74, 6) is 1.91. The summed E-state index contributed by atoms with van der Waals surface area (Å²) in [5.41, 5.74) is 1.13. The zero-order chi connectivity index (χ0) is 21.0. The molecule has 30 heavy (non-hydrogen) atoms. The van der Waals surface area contributed by atoms with Gasteiger partial charge in [-0.2, -0.15) is 0 Å². The topological polar surface area (TPSA) is 65.0 Å². The van der Waals surface area contributed by atoms with Gasteiger partial charge in [0.1, 0.15) is 5.82 Å². The lowest BCUT2D eigenvalue weighted by Crippen LogP contribution is -2.41. The minimum atomic E-state index is 0.262. The number of likely N-dealkylation sites (tertiary alicyclic amines) is 1. The molecule has 7 nitrogen and oxygen atoms in total. The Bertz CT molecular complexity index is 627. The van der Waals surface area contributed by atoms with Crippen LogP contribution < -0.4 is 15.5 Å². The summed E-state index contributed by atoms with van der Waals surface area (Å²) in [5, 5.41) is 6.84. The van der Waals surface area contributed by atoms with Gasteiger partial charge in [0, 0.05) is 32.4 Å². The van der Waals surface area contributed by atoms with E-state index in [0.29, 0.717) is 6.54 Å². The van der Waals surface area contributed by atoms with E-state index in [-0.39, 0.29) is 6.10 Å². The molecule has 3 rings (SSSR count). The van der Waals surface area contributed by atoms with Crippen LogP contribution in [0, 0.1) is 0 Å². The molecular weight excluding hydrogens is 376 g/mol. The van der Waals surface area contributed by atoms with Gasteiger partial charge in [0.2, 0.25) is 0 Å². The van der Waals surface area contributed by atoms with E-state index in [9.17, 15) is 0 Å².